The number of aromatic nitrogens is 1. The first-order valence-corrected chi connectivity index (χ1v) is 6.09. The van der Waals surface area contributed by atoms with Gasteiger partial charge in [0.25, 0.3) is 0 Å². The minimum Gasteiger partial charge on any atom is -0.384 e. The smallest absolute Gasteiger partial charge is 0.123 e. The summed E-state index contributed by atoms with van der Waals surface area (Å²) in [6.07, 6.45) is 4.60. The Bertz CT molecular complexity index is 345. The van der Waals surface area contributed by atoms with E-state index in [1.54, 1.807) is 6.20 Å². The molecule has 0 aliphatic heterocycles. The van der Waals surface area contributed by atoms with Crippen LogP contribution in [0.4, 0.5) is 5.82 Å². The Morgan fingerprint density at radius 3 is 2.81 bits per heavy atom. The van der Waals surface area contributed by atoms with E-state index in [0.29, 0.717) is 11.9 Å². The van der Waals surface area contributed by atoms with Crippen LogP contribution in [0.2, 0.25) is 0 Å². The number of nitrogens with zero attached hydrogens (tertiary/aromatic N) is 2. The molecule has 2 rings (SSSR count). The van der Waals surface area contributed by atoms with Gasteiger partial charge in [-0.1, -0.05) is 0 Å². The maximum atomic E-state index is 5.69. The molecule has 1 saturated carbocycles. The van der Waals surface area contributed by atoms with Crippen molar-refractivity contribution in [3.8, 4) is 0 Å². The Kier molecular flexibility index (Phi) is 3.44. The number of pyridine rings is 1. The van der Waals surface area contributed by atoms with E-state index in [9.17, 15) is 0 Å². The highest BCUT2D eigenvalue weighted by atomic mass is 15.1. The first-order valence-electron chi connectivity index (χ1n) is 6.09. The largest absolute Gasteiger partial charge is 0.384 e. The van der Waals surface area contributed by atoms with Gasteiger partial charge in [-0.2, -0.15) is 0 Å². The van der Waals surface area contributed by atoms with Gasteiger partial charge < -0.3 is 5.73 Å². The zero-order valence-electron chi connectivity index (χ0n) is 10.2. The van der Waals surface area contributed by atoms with Gasteiger partial charge in [0.15, 0.2) is 0 Å². The number of nitrogen functional groups attached to an aromatic ring is 1. The van der Waals surface area contributed by atoms with E-state index in [2.05, 4.69) is 29.8 Å². The molecule has 0 atom stereocenters. The van der Waals surface area contributed by atoms with Crippen molar-refractivity contribution < 1.29 is 0 Å². The van der Waals surface area contributed by atoms with Crippen LogP contribution in [0.3, 0.4) is 0 Å². The maximum Gasteiger partial charge on any atom is 0.123 e. The van der Waals surface area contributed by atoms with Crippen LogP contribution in [0.15, 0.2) is 18.3 Å². The SMILES string of the molecule is CC(C)N(Cc1ccnc(N)c1)CC1CC1. The van der Waals surface area contributed by atoms with E-state index in [0.717, 1.165) is 12.5 Å². The Morgan fingerprint density at radius 1 is 1.50 bits per heavy atom. The third-order valence-corrected chi connectivity index (χ3v) is 3.15. The minimum atomic E-state index is 0.593. The molecular formula is C13H21N3. The van der Waals surface area contributed by atoms with Crippen molar-refractivity contribution >= 4 is 5.82 Å². The molecule has 0 spiro atoms. The molecule has 1 aliphatic rings. The van der Waals surface area contributed by atoms with Crippen LogP contribution in [0.5, 0.6) is 0 Å². The second-order valence-corrected chi connectivity index (χ2v) is 5.06. The lowest BCUT2D eigenvalue weighted by atomic mass is 10.2. The van der Waals surface area contributed by atoms with Gasteiger partial charge in [0.1, 0.15) is 5.82 Å². The lowest BCUT2D eigenvalue weighted by Crippen LogP contribution is -2.32. The molecule has 3 nitrogen and oxygen atoms in total. The number of nitrogens with two attached hydrogens (primary N) is 1. The van der Waals surface area contributed by atoms with Gasteiger partial charge in [0, 0.05) is 25.3 Å². The summed E-state index contributed by atoms with van der Waals surface area (Å²) in [4.78, 5) is 6.54. The van der Waals surface area contributed by atoms with E-state index in [1.165, 1.54) is 24.9 Å². The Labute approximate surface area is 97.7 Å². The van der Waals surface area contributed by atoms with Gasteiger partial charge in [0.2, 0.25) is 0 Å². The summed E-state index contributed by atoms with van der Waals surface area (Å²) >= 11 is 0. The van der Waals surface area contributed by atoms with Crippen LogP contribution in [-0.2, 0) is 6.54 Å². The average molecular weight is 219 g/mol. The Morgan fingerprint density at radius 2 is 2.25 bits per heavy atom. The molecule has 1 aromatic heterocycles. The molecular weight excluding hydrogens is 198 g/mol. The molecule has 0 radical (unpaired) electrons. The standard InChI is InChI=1S/C13H21N3/c1-10(2)16(8-11-3-4-11)9-12-5-6-15-13(14)7-12/h5-7,10-11H,3-4,8-9H2,1-2H3,(H2,14,15). The average Bonchev–Trinajstić information content (AvgIpc) is 3.00. The highest BCUT2D eigenvalue weighted by molar-refractivity contribution is 5.31. The summed E-state index contributed by atoms with van der Waals surface area (Å²) in [5.74, 6) is 1.55. The Hall–Kier alpha value is -1.09. The summed E-state index contributed by atoms with van der Waals surface area (Å²) in [6, 6.07) is 4.62. The van der Waals surface area contributed by atoms with Crippen molar-refractivity contribution in [1.82, 2.24) is 9.88 Å². The van der Waals surface area contributed by atoms with Crippen molar-refractivity contribution in [2.45, 2.75) is 39.3 Å². The van der Waals surface area contributed by atoms with Gasteiger partial charge in [-0.3, -0.25) is 4.90 Å². The molecule has 1 aliphatic carbocycles. The van der Waals surface area contributed by atoms with Crippen LogP contribution in [-0.4, -0.2) is 22.5 Å². The van der Waals surface area contributed by atoms with Crippen LogP contribution >= 0.6 is 0 Å². The van der Waals surface area contributed by atoms with Crippen LogP contribution in [0.1, 0.15) is 32.3 Å². The predicted octanol–water partition coefficient (Wildman–Crippen LogP) is 2.28. The summed E-state index contributed by atoms with van der Waals surface area (Å²) in [5.41, 5.74) is 6.96. The van der Waals surface area contributed by atoms with Crippen molar-refractivity contribution in [3.05, 3.63) is 23.9 Å². The summed E-state index contributed by atoms with van der Waals surface area (Å²) in [5, 5.41) is 0. The molecule has 0 bridgehead atoms. The monoisotopic (exact) mass is 219 g/mol. The van der Waals surface area contributed by atoms with E-state index in [-0.39, 0.29) is 0 Å². The normalized spacial score (nSPS) is 16.0. The van der Waals surface area contributed by atoms with E-state index >= 15 is 0 Å². The van der Waals surface area contributed by atoms with Gasteiger partial charge in [-0.05, 0) is 50.3 Å². The predicted molar refractivity (Wildman–Crippen MR) is 66.9 cm³/mol. The summed E-state index contributed by atoms with van der Waals surface area (Å²) < 4.78 is 0. The third-order valence-electron chi connectivity index (χ3n) is 3.15. The molecule has 3 heteroatoms. The maximum absolute atomic E-state index is 5.69. The molecule has 1 aromatic rings. The van der Waals surface area contributed by atoms with Crippen molar-refractivity contribution in [3.63, 3.8) is 0 Å². The fourth-order valence-corrected chi connectivity index (χ4v) is 1.92. The molecule has 1 heterocycles. The number of hydrogen-bond acceptors (Lipinski definition) is 3. The fraction of sp³-hybridized carbons (Fsp3) is 0.615. The quantitative estimate of drug-likeness (QED) is 0.826. The fourth-order valence-electron chi connectivity index (χ4n) is 1.92. The van der Waals surface area contributed by atoms with Gasteiger partial charge >= 0.3 is 0 Å². The highest BCUT2D eigenvalue weighted by Gasteiger charge is 2.25. The topological polar surface area (TPSA) is 42.2 Å². The van der Waals surface area contributed by atoms with Gasteiger partial charge in [-0.15, -0.1) is 0 Å². The van der Waals surface area contributed by atoms with Crippen molar-refractivity contribution in [2.24, 2.45) is 5.92 Å². The van der Waals surface area contributed by atoms with Crippen molar-refractivity contribution in [1.29, 1.82) is 0 Å². The van der Waals surface area contributed by atoms with E-state index < -0.39 is 0 Å². The minimum absolute atomic E-state index is 0.593. The molecule has 1 fully saturated rings. The zero-order chi connectivity index (χ0) is 11.5. The van der Waals surface area contributed by atoms with Crippen LogP contribution in [0, 0.1) is 5.92 Å². The van der Waals surface area contributed by atoms with E-state index in [4.69, 9.17) is 5.73 Å². The van der Waals surface area contributed by atoms with Crippen LogP contribution < -0.4 is 5.73 Å². The highest BCUT2D eigenvalue weighted by Crippen LogP contribution is 2.30. The zero-order valence-corrected chi connectivity index (χ0v) is 10.2. The number of hydrogen-bond donors (Lipinski definition) is 1. The van der Waals surface area contributed by atoms with Crippen LogP contribution in [0.25, 0.3) is 0 Å². The molecule has 16 heavy (non-hydrogen) atoms. The number of anilines is 1. The lowest BCUT2D eigenvalue weighted by molar-refractivity contribution is 0.204. The molecule has 88 valence electrons. The molecule has 2 N–H and O–H groups in total. The van der Waals surface area contributed by atoms with Crippen molar-refractivity contribution in [2.75, 3.05) is 12.3 Å². The number of rotatable bonds is 5. The summed E-state index contributed by atoms with van der Waals surface area (Å²) in [6.45, 7) is 6.72. The molecule has 0 aromatic carbocycles. The summed E-state index contributed by atoms with van der Waals surface area (Å²) in [7, 11) is 0. The first kappa shape index (κ1) is 11.4. The Balaban J connectivity index is 1.98. The van der Waals surface area contributed by atoms with Gasteiger partial charge in [0.05, 0.1) is 0 Å². The third kappa shape index (κ3) is 3.20. The molecule has 0 unspecified atom stereocenters. The molecule has 0 saturated heterocycles. The second kappa shape index (κ2) is 4.83. The lowest BCUT2D eigenvalue weighted by Gasteiger charge is -2.26. The second-order valence-electron chi connectivity index (χ2n) is 5.06. The van der Waals surface area contributed by atoms with Gasteiger partial charge in [-0.25, -0.2) is 4.98 Å². The molecule has 0 amide bonds. The van der Waals surface area contributed by atoms with E-state index in [1.807, 2.05) is 6.07 Å². The first-order chi connectivity index (χ1) is 7.65.